The van der Waals surface area contributed by atoms with Crippen molar-refractivity contribution < 1.29 is 46.7 Å². The van der Waals surface area contributed by atoms with Gasteiger partial charge in [-0.05, 0) is 23.9 Å². The third-order valence-electron chi connectivity index (χ3n) is 1.60. The van der Waals surface area contributed by atoms with Gasteiger partial charge in [-0.25, -0.2) is 8.42 Å². The Morgan fingerprint density at radius 3 is 2.17 bits per heavy atom. The molecule has 0 aliphatic carbocycles. The minimum atomic E-state index is -3.63. The maximum Gasteiger partial charge on any atom is 1.00 e. The topological polar surface area (TPSA) is 74.3 Å². The summed E-state index contributed by atoms with van der Waals surface area (Å²) in [7, 11) is -3.63. The van der Waals surface area contributed by atoms with Crippen molar-refractivity contribution in [3.05, 3.63) is 0 Å². The van der Waals surface area contributed by atoms with E-state index in [2.05, 4.69) is 0 Å². The molecule has 2 unspecified atom stereocenters. The van der Waals surface area contributed by atoms with Crippen LogP contribution in [0.1, 0.15) is 12.8 Å². The molecule has 1 saturated heterocycles. The van der Waals surface area contributed by atoms with Gasteiger partial charge in [-0.3, -0.25) is 4.21 Å². The minimum Gasteiger partial charge on any atom is -0.770 e. The van der Waals surface area contributed by atoms with Crippen LogP contribution in [0.3, 0.4) is 0 Å². The summed E-state index contributed by atoms with van der Waals surface area (Å²) in [6.45, 7) is 0. The fraction of sp³-hybridized carbons (Fsp3) is 1.00. The zero-order valence-electron chi connectivity index (χ0n) is 6.45. The van der Waals surface area contributed by atoms with E-state index in [1.54, 1.807) is 0 Å². The predicted octanol–water partition coefficient (Wildman–Crippen LogP) is -3.03. The Balaban J connectivity index is 0.00000121. The second-order valence-electron chi connectivity index (χ2n) is 2.32. The molecule has 1 heterocycles. The van der Waals surface area contributed by atoms with Gasteiger partial charge in [-0.15, -0.1) is 0 Å². The second-order valence-corrected chi connectivity index (χ2v) is 7.17. The van der Waals surface area contributed by atoms with Crippen LogP contribution in [0.15, 0.2) is 0 Å². The zero-order chi connectivity index (χ0) is 8.70. The molecule has 0 saturated carbocycles. The van der Waals surface area contributed by atoms with Gasteiger partial charge in [0.1, 0.15) is 0 Å². The molecule has 1 aliphatic rings. The molecule has 2 atom stereocenters. The standard InChI is InChI=1S/C4H7ClO4S2.Na/c5-4(10(6)7)2-1-3-11(4,8)9;/h1-3H2,(H,6,7);/q;+1/p-1. The average Bonchev–Trinajstić information content (AvgIpc) is 2.09. The normalized spacial score (nSPS) is 35.5. The first-order valence-electron chi connectivity index (χ1n) is 2.91. The fourth-order valence-electron chi connectivity index (χ4n) is 0.968. The maximum atomic E-state index is 11.0. The summed E-state index contributed by atoms with van der Waals surface area (Å²) < 4.78 is 40.8. The molecule has 1 rings (SSSR count). The Bertz CT molecular complexity index is 289. The van der Waals surface area contributed by atoms with Crippen LogP contribution in [-0.4, -0.2) is 26.5 Å². The van der Waals surface area contributed by atoms with Crippen molar-refractivity contribution in [3.63, 3.8) is 0 Å². The van der Waals surface area contributed by atoms with Gasteiger partial charge in [-0.2, -0.15) is 0 Å². The first-order chi connectivity index (χ1) is 4.90. The van der Waals surface area contributed by atoms with E-state index in [-0.39, 0.29) is 41.7 Å². The molecule has 66 valence electrons. The molecule has 0 radical (unpaired) electrons. The molecule has 1 fully saturated rings. The summed E-state index contributed by atoms with van der Waals surface area (Å²) in [5.74, 6) is -0.134. The summed E-state index contributed by atoms with van der Waals surface area (Å²) in [5.41, 5.74) is 0. The quantitative estimate of drug-likeness (QED) is 0.278. The van der Waals surface area contributed by atoms with Crippen LogP contribution in [0, 0.1) is 0 Å². The van der Waals surface area contributed by atoms with Gasteiger partial charge in [-0.1, -0.05) is 11.6 Å². The molecular weight excluding hydrogens is 235 g/mol. The van der Waals surface area contributed by atoms with Crippen LogP contribution in [-0.2, 0) is 20.9 Å². The second kappa shape index (κ2) is 4.25. The molecule has 0 amide bonds. The van der Waals surface area contributed by atoms with Gasteiger partial charge in [0.05, 0.1) is 5.75 Å². The summed E-state index contributed by atoms with van der Waals surface area (Å²) in [6.07, 6.45) is 0.312. The molecule has 0 bridgehead atoms. The van der Waals surface area contributed by atoms with Gasteiger partial charge in [0.15, 0.2) is 9.84 Å². The number of halogens is 1. The fourth-order valence-corrected chi connectivity index (χ4v) is 4.01. The number of rotatable bonds is 1. The molecule has 8 heteroatoms. The van der Waals surface area contributed by atoms with Crippen molar-refractivity contribution in [2.75, 3.05) is 5.75 Å². The van der Waals surface area contributed by atoms with E-state index in [0.29, 0.717) is 6.42 Å². The van der Waals surface area contributed by atoms with Gasteiger partial charge in [0, 0.05) is 0 Å². The Hall–Kier alpha value is 1.35. The van der Waals surface area contributed by atoms with E-state index in [1.807, 2.05) is 0 Å². The molecule has 1 aliphatic heterocycles. The van der Waals surface area contributed by atoms with Crippen LogP contribution >= 0.6 is 11.6 Å². The largest absolute Gasteiger partial charge is 1.00 e. The summed E-state index contributed by atoms with van der Waals surface area (Å²) in [5, 5.41) is 0. The van der Waals surface area contributed by atoms with Gasteiger partial charge < -0.3 is 4.55 Å². The molecular formula is C4H6ClNaO4S2. The van der Waals surface area contributed by atoms with E-state index in [4.69, 9.17) is 11.6 Å². The van der Waals surface area contributed by atoms with Crippen molar-refractivity contribution >= 4 is 32.5 Å². The van der Waals surface area contributed by atoms with Gasteiger partial charge in [0.25, 0.3) is 0 Å². The molecule has 0 spiro atoms. The van der Waals surface area contributed by atoms with Gasteiger partial charge >= 0.3 is 29.6 Å². The van der Waals surface area contributed by atoms with E-state index in [0.717, 1.165) is 0 Å². The van der Waals surface area contributed by atoms with Crippen LogP contribution in [0.25, 0.3) is 0 Å². The Morgan fingerprint density at radius 2 is 2.00 bits per heavy atom. The first kappa shape index (κ1) is 13.4. The first-order valence-corrected chi connectivity index (χ1v) is 6.01. The molecule has 0 aromatic rings. The van der Waals surface area contributed by atoms with E-state index >= 15 is 0 Å². The monoisotopic (exact) mass is 240 g/mol. The minimum absolute atomic E-state index is 0. The van der Waals surface area contributed by atoms with E-state index < -0.39 is 24.5 Å². The SMILES string of the molecule is O=S([O-])C1(Cl)CCCS1(=O)=O.[Na+]. The summed E-state index contributed by atoms with van der Waals surface area (Å²) >= 11 is 2.65. The molecule has 0 aromatic heterocycles. The number of hydrogen-bond donors (Lipinski definition) is 0. The van der Waals surface area contributed by atoms with Crippen molar-refractivity contribution in [2.24, 2.45) is 0 Å². The van der Waals surface area contributed by atoms with Gasteiger partial charge in [0.2, 0.25) is 3.54 Å². The molecule has 12 heavy (non-hydrogen) atoms. The van der Waals surface area contributed by atoms with Crippen molar-refractivity contribution in [1.82, 2.24) is 0 Å². The Labute approximate surface area is 101 Å². The van der Waals surface area contributed by atoms with E-state index in [9.17, 15) is 17.2 Å². The maximum absolute atomic E-state index is 11.0. The molecule has 0 N–H and O–H groups in total. The summed E-state index contributed by atoms with van der Waals surface area (Å²) in [6, 6.07) is 0. The smallest absolute Gasteiger partial charge is 0.770 e. The Morgan fingerprint density at radius 1 is 1.50 bits per heavy atom. The number of sulfone groups is 1. The number of alkyl halides is 1. The number of hydrogen-bond acceptors (Lipinski definition) is 4. The van der Waals surface area contributed by atoms with Crippen molar-refractivity contribution in [3.8, 4) is 0 Å². The Kier molecular flexibility index (Phi) is 4.73. The van der Waals surface area contributed by atoms with Crippen LogP contribution in [0.5, 0.6) is 0 Å². The van der Waals surface area contributed by atoms with Crippen molar-refractivity contribution in [2.45, 2.75) is 16.4 Å². The third kappa shape index (κ3) is 2.05. The molecule has 4 nitrogen and oxygen atoms in total. The van der Waals surface area contributed by atoms with Crippen LogP contribution < -0.4 is 29.6 Å². The third-order valence-corrected chi connectivity index (χ3v) is 6.71. The molecule has 0 aromatic carbocycles. The van der Waals surface area contributed by atoms with E-state index in [1.165, 1.54) is 0 Å². The van der Waals surface area contributed by atoms with Crippen LogP contribution in [0.2, 0.25) is 0 Å². The van der Waals surface area contributed by atoms with Crippen LogP contribution in [0.4, 0.5) is 0 Å². The predicted molar refractivity (Wildman–Crippen MR) is 40.5 cm³/mol. The average molecular weight is 241 g/mol. The van der Waals surface area contributed by atoms with Crippen molar-refractivity contribution in [1.29, 1.82) is 0 Å². The summed E-state index contributed by atoms with van der Waals surface area (Å²) in [4.78, 5) is 0. The zero-order valence-corrected chi connectivity index (χ0v) is 10.8.